The van der Waals surface area contributed by atoms with Gasteiger partial charge in [-0.1, -0.05) is 246 Å². The van der Waals surface area contributed by atoms with Gasteiger partial charge in [0.2, 0.25) is 0 Å². The van der Waals surface area contributed by atoms with Gasteiger partial charge in [0.05, 0.1) is 0 Å². The van der Waals surface area contributed by atoms with Crippen molar-refractivity contribution in [2.45, 2.75) is 277 Å². The molecular formula is C64H108O6. The zero-order chi connectivity index (χ0) is 50.7. The number of hydrogen-bond acceptors (Lipinski definition) is 6. The van der Waals surface area contributed by atoms with Crippen LogP contribution in [0.15, 0.2) is 97.2 Å². The molecule has 400 valence electrons. The summed E-state index contributed by atoms with van der Waals surface area (Å²) in [5.41, 5.74) is 0. The smallest absolute Gasteiger partial charge is 0.306 e. The van der Waals surface area contributed by atoms with Crippen molar-refractivity contribution in [3.8, 4) is 0 Å². The highest BCUT2D eigenvalue weighted by molar-refractivity contribution is 5.71. The molecule has 0 amide bonds. The highest BCUT2D eigenvalue weighted by Gasteiger charge is 2.19. The quantitative estimate of drug-likeness (QED) is 0.0262. The lowest BCUT2D eigenvalue weighted by Gasteiger charge is -2.18. The van der Waals surface area contributed by atoms with E-state index in [2.05, 4.69) is 118 Å². The Balaban J connectivity index is 4.43. The van der Waals surface area contributed by atoms with E-state index >= 15 is 0 Å². The van der Waals surface area contributed by atoms with E-state index in [1.807, 2.05) is 0 Å². The third-order valence-corrected chi connectivity index (χ3v) is 12.3. The molecule has 0 aliphatic rings. The summed E-state index contributed by atoms with van der Waals surface area (Å²) in [6, 6.07) is 0. The van der Waals surface area contributed by atoms with Gasteiger partial charge >= 0.3 is 17.9 Å². The Morgan fingerprint density at radius 1 is 0.300 bits per heavy atom. The summed E-state index contributed by atoms with van der Waals surface area (Å²) in [5, 5.41) is 0. The van der Waals surface area contributed by atoms with Crippen LogP contribution in [-0.4, -0.2) is 37.2 Å². The molecule has 70 heavy (non-hydrogen) atoms. The number of rotatable bonds is 52. The predicted octanol–water partition coefficient (Wildman–Crippen LogP) is 19.7. The highest BCUT2D eigenvalue weighted by Crippen LogP contribution is 2.15. The monoisotopic (exact) mass is 973 g/mol. The zero-order valence-electron chi connectivity index (χ0n) is 45.8. The molecule has 0 fully saturated rings. The Kier molecular flexibility index (Phi) is 54.9. The second kappa shape index (κ2) is 57.9. The van der Waals surface area contributed by atoms with Crippen LogP contribution in [0.5, 0.6) is 0 Å². The van der Waals surface area contributed by atoms with E-state index in [-0.39, 0.29) is 31.1 Å². The number of unbranched alkanes of at least 4 members (excludes halogenated alkanes) is 25. The summed E-state index contributed by atoms with van der Waals surface area (Å²) < 4.78 is 16.8. The lowest BCUT2D eigenvalue weighted by molar-refractivity contribution is -0.167. The first kappa shape index (κ1) is 66.3. The molecule has 0 radical (unpaired) electrons. The van der Waals surface area contributed by atoms with Crippen LogP contribution >= 0.6 is 0 Å². The highest BCUT2D eigenvalue weighted by atomic mass is 16.6. The molecule has 6 nitrogen and oxygen atoms in total. The first-order valence-corrected chi connectivity index (χ1v) is 29.2. The van der Waals surface area contributed by atoms with E-state index in [9.17, 15) is 14.4 Å². The van der Waals surface area contributed by atoms with Gasteiger partial charge in [0.1, 0.15) is 13.2 Å². The Bertz CT molecular complexity index is 1400. The van der Waals surface area contributed by atoms with Gasteiger partial charge in [-0.25, -0.2) is 0 Å². The first-order valence-electron chi connectivity index (χ1n) is 29.2. The molecule has 0 rings (SSSR count). The Morgan fingerprint density at radius 2 is 0.557 bits per heavy atom. The molecular weight excluding hydrogens is 865 g/mol. The number of esters is 3. The van der Waals surface area contributed by atoms with Crippen molar-refractivity contribution in [1.82, 2.24) is 0 Å². The standard InChI is InChI=1S/C64H108O6/c1-4-7-10-13-16-19-22-25-28-29-30-31-32-33-34-35-37-39-42-45-48-51-54-57-63(66)69-60-61(59-68-62(65)56-53-50-47-44-41-38-27-24-21-18-15-12-9-6-3)70-64(67)58-55-52-49-46-43-40-36-26-23-20-17-14-11-8-5-2/h7,10,16-17,19-20,25-26,28,30-31,33-34,36-37,39,61H,4-6,8-9,11-15,18,21-24,27,29,32,35,38,40-60H2,1-3H3/b10-7-,19-16-,20-17-,28-25-,31-30-,34-33-,36-26-,39-37-. The number of ether oxygens (including phenoxy) is 3. The number of allylic oxidation sites excluding steroid dienone is 16. The zero-order valence-corrected chi connectivity index (χ0v) is 45.8. The van der Waals surface area contributed by atoms with E-state index in [0.29, 0.717) is 19.3 Å². The molecule has 0 saturated carbocycles. The molecule has 0 aliphatic carbocycles. The van der Waals surface area contributed by atoms with E-state index in [1.54, 1.807) is 0 Å². The molecule has 0 aromatic carbocycles. The third kappa shape index (κ3) is 55.3. The molecule has 0 bridgehead atoms. The molecule has 1 atom stereocenters. The molecule has 0 heterocycles. The van der Waals surface area contributed by atoms with Gasteiger partial charge in [0.25, 0.3) is 0 Å². The second-order valence-corrected chi connectivity index (χ2v) is 19.2. The third-order valence-electron chi connectivity index (χ3n) is 12.3. The molecule has 0 aliphatic heterocycles. The first-order chi connectivity index (χ1) is 34.5. The van der Waals surface area contributed by atoms with Crippen molar-refractivity contribution in [2.24, 2.45) is 0 Å². The van der Waals surface area contributed by atoms with Crippen molar-refractivity contribution in [3.05, 3.63) is 97.2 Å². The fourth-order valence-electron chi connectivity index (χ4n) is 7.95. The van der Waals surface area contributed by atoms with Crippen LogP contribution in [0.3, 0.4) is 0 Å². The number of hydrogen-bond donors (Lipinski definition) is 0. The minimum Gasteiger partial charge on any atom is -0.462 e. The van der Waals surface area contributed by atoms with Crippen molar-refractivity contribution in [1.29, 1.82) is 0 Å². The van der Waals surface area contributed by atoms with Crippen LogP contribution < -0.4 is 0 Å². The molecule has 1 unspecified atom stereocenters. The van der Waals surface area contributed by atoms with Crippen molar-refractivity contribution >= 4 is 17.9 Å². The molecule has 0 spiro atoms. The summed E-state index contributed by atoms with van der Waals surface area (Å²) in [6.07, 6.45) is 76.8. The number of carbonyl (C=O) groups excluding carboxylic acids is 3. The minimum absolute atomic E-state index is 0.0901. The predicted molar refractivity (Wildman–Crippen MR) is 302 cm³/mol. The summed E-state index contributed by atoms with van der Waals surface area (Å²) in [4.78, 5) is 38.2. The van der Waals surface area contributed by atoms with Crippen LogP contribution in [0.1, 0.15) is 271 Å². The van der Waals surface area contributed by atoms with E-state index in [1.165, 1.54) is 96.3 Å². The molecule has 0 aromatic heterocycles. The van der Waals surface area contributed by atoms with Crippen LogP contribution in [-0.2, 0) is 28.6 Å². The van der Waals surface area contributed by atoms with Gasteiger partial charge in [-0.05, 0) is 103 Å². The maximum atomic E-state index is 12.8. The molecule has 0 saturated heterocycles. The number of carbonyl (C=O) groups is 3. The maximum Gasteiger partial charge on any atom is 0.306 e. The Morgan fingerprint density at radius 3 is 0.900 bits per heavy atom. The van der Waals surface area contributed by atoms with Crippen molar-refractivity contribution in [2.75, 3.05) is 13.2 Å². The van der Waals surface area contributed by atoms with Crippen molar-refractivity contribution < 1.29 is 28.6 Å². The van der Waals surface area contributed by atoms with Gasteiger partial charge in [-0.3, -0.25) is 14.4 Å². The van der Waals surface area contributed by atoms with E-state index < -0.39 is 6.10 Å². The Labute approximate surface area is 432 Å². The van der Waals surface area contributed by atoms with Gasteiger partial charge in [0, 0.05) is 19.3 Å². The van der Waals surface area contributed by atoms with Crippen LogP contribution in [0.2, 0.25) is 0 Å². The largest absolute Gasteiger partial charge is 0.462 e. The summed E-state index contributed by atoms with van der Waals surface area (Å²) in [7, 11) is 0. The average Bonchev–Trinajstić information content (AvgIpc) is 3.36. The summed E-state index contributed by atoms with van der Waals surface area (Å²) in [5.74, 6) is -0.925. The SMILES string of the molecule is CC/C=C\C/C=C\C/C=C\C/C=C\C/C=C\C/C=C\CCCCCCC(=O)OCC(COC(=O)CCCCCCCCCCCCCCCC)OC(=O)CCCCCCC/C=C\C/C=C\CCCCC. The van der Waals surface area contributed by atoms with Crippen molar-refractivity contribution in [3.63, 3.8) is 0 Å². The summed E-state index contributed by atoms with van der Waals surface area (Å²) >= 11 is 0. The molecule has 6 heteroatoms. The van der Waals surface area contributed by atoms with Gasteiger partial charge in [-0.2, -0.15) is 0 Å². The average molecular weight is 974 g/mol. The lowest BCUT2D eigenvalue weighted by atomic mass is 10.0. The van der Waals surface area contributed by atoms with Crippen LogP contribution in [0.4, 0.5) is 0 Å². The van der Waals surface area contributed by atoms with Crippen LogP contribution in [0, 0.1) is 0 Å². The van der Waals surface area contributed by atoms with E-state index in [0.717, 1.165) is 135 Å². The minimum atomic E-state index is -0.795. The maximum absolute atomic E-state index is 12.8. The van der Waals surface area contributed by atoms with Gasteiger partial charge < -0.3 is 14.2 Å². The summed E-state index contributed by atoms with van der Waals surface area (Å²) in [6.45, 7) is 6.48. The van der Waals surface area contributed by atoms with Gasteiger partial charge in [0.15, 0.2) is 6.10 Å². The fraction of sp³-hybridized carbons (Fsp3) is 0.703. The molecule has 0 aromatic rings. The van der Waals surface area contributed by atoms with E-state index in [4.69, 9.17) is 14.2 Å². The molecule has 0 N–H and O–H groups in total. The second-order valence-electron chi connectivity index (χ2n) is 19.2. The Hall–Kier alpha value is -3.67. The van der Waals surface area contributed by atoms with Gasteiger partial charge in [-0.15, -0.1) is 0 Å². The fourth-order valence-corrected chi connectivity index (χ4v) is 7.95. The lowest BCUT2D eigenvalue weighted by Crippen LogP contribution is -2.30. The van der Waals surface area contributed by atoms with Crippen LogP contribution in [0.25, 0.3) is 0 Å². The topological polar surface area (TPSA) is 78.9 Å². The normalized spacial score (nSPS) is 12.8.